The third-order valence-electron chi connectivity index (χ3n) is 6.57. The Morgan fingerprint density at radius 3 is 2.16 bits per heavy atom. The average Bonchev–Trinajstić information content (AvgIpc) is 3.40. The van der Waals surface area contributed by atoms with E-state index in [4.69, 9.17) is 4.74 Å². The lowest BCUT2D eigenvalue weighted by molar-refractivity contribution is -0.717. The van der Waals surface area contributed by atoms with Gasteiger partial charge in [0.1, 0.15) is 0 Å². The number of hydrazine groups is 1. The molecule has 0 radical (unpaired) electrons. The number of esters is 1. The SMILES string of the molecule is Cc1ccc(-c2cc(C(F)(F)F)nn2-c2ccc(S(=O)(=O)NC(=O)C(C)(C)N(C)[N+]([O-])=NOCOC(=O)C(C)(C)C)cc2)cc1. The second-order valence-electron chi connectivity index (χ2n) is 11.5. The normalized spacial score (nSPS) is 12.9. The van der Waals surface area contributed by atoms with Gasteiger partial charge in [0.05, 0.1) is 33.7 Å². The number of ether oxygens (including phenoxy) is 1. The van der Waals surface area contributed by atoms with Gasteiger partial charge in [0, 0.05) is 5.56 Å². The van der Waals surface area contributed by atoms with Crippen LogP contribution in [-0.4, -0.2) is 59.4 Å². The van der Waals surface area contributed by atoms with E-state index in [1.165, 1.54) is 26.0 Å². The zero-order valence-electron chi connectivity index (χ0n) is 25.5. The van der Waals surface area contributed by atoms with Crippen molar-refractivity contribution in [3.05, 3.63) is 71.1 Å². The molecule has 0 aliphatic rings. The molecular formula is C28H33F3N6O7S. The third kappa shape index (κ3) is 8.29. The molecule has 1 amide bonds. The van der Waals surface area contributed by atoms with E-state index >= 15 is 0 Å². The summed E-state index contributed by atoms with van der Waals surface area (Å²) in [5.74, 6) is -1.73. The molecule has 1 N–H and O–H groups in total. The molecule has 45 heavy (non-hydrogen) atoms. The van der Waals surface area contributed by atoms with Crippen molar-refractivity contribution in [3.8, 4) is 16.9 Å². The number of hydrogen-bond acceptors (Lipinski definition) is 9. The van der Waals surface area contributed by atoms with E-state index in [9.17, 15) is 36.4 Å². The van der Waals surface area contributed by atoms with Crippen LogP contribution < -0.4 is 4.72 Å². The number of aryl methyl sites for hydroxylation is 1. The number of halogens is 3. The van der Waals surface area contributed by atoms with Gasteiger partial charge in [0.15, 0.2) is 11.2 Å². The van der Waals surface area contributed by atoms with Gasteiger partial charge in [-0.1, -0.05) is 29.8 Å². The summed E-state index contributed by atoms with van der Waals surface area (Å²) >= 11 is 0. The van der Waals surface area contributed by atoms with Crippen LogP contribution in [0.2, 0.25) is 0 Å². The lowest BCUT2D eigenvalue weighted by Crippen LogP contribution is -2.56. The lowest BCUT2D eigenvalue weighted by Gasteiger charge is -2.29. The predicted octanol–water partition coefficient (Wildman–Crippen LogP) is 4.74. The summed E-state index contributed by atoms with van der Waals surface area (Å²) < 4.78 is 74.3. The number of aromatic nitrogens is 2. The molecule has 1 aromatic heterocycles. The number of alkyl halides is 3. The Bertz CT molecular complexity index is 1680. The van der Waals surface area contributed by atoms with Gasteiger partial charge >= 0.3 is 12.1 Å². The maximum atomic E-state index is 13.5. The molecule has 0 aliphatic heterocycles. The smallest absolute Gasteiger partial charge is 0.435 e. The van der Waals surface area contributed by atoms with Crippen LogP contribution in [0, 0.1) is 17.5 Å². The standard InChI is InChI=1S/C28H33F3N6O7S/c1-18-8-10-19(11-9-18)22-16-23(28(29,30)31)32-36(22)20-12-14-21(15-13-20)45(41,42)33-24(38)27(5,6)35(7)37(40)34-44-17-43-25(39)26(2,3)4/h8-16H,17H2,1-7H3,(H,33,38). The van der Waals surface area contributed by atoms with Crippen LogP contribution in [0.1, 0.15) is 45.9 Å². The Morgan fingerprint density at radius 2 is 1.62 bits per heavy atom. The summed E-state index contributed by atoms with van der Waals surface area (Å²) in [6, 6.07) is 12.3. The van der Waals surface area contributed by atoms with Crippen LogP contribution in [0.25, 0.3) is 16.9 Å². The number of carbonyl (C=O) groups excluding carboxylic acids is 2. The zero-order valence-corrected chi connectivity index (χ0v) is 26.4. The van der Waals surface area contributed by atoms with E-state index in [2.05, 4.69) is 15.2 Å². The predicted molar refractivity (Wildman–Crippen MR) is 153 cm³/mol. The molecule has 1 heterocycles. The molecule has 0 aliphatic carbocycles. The number of likely N-dealkylation sites (N-methyl/N-ethyl adjacent to an activating group) is 1. The molecule has 0 spiro atoms. The fourth-order valence-corrected chi connectivity index (χ4v) is 4.61. The van der Waals surface area contributed by atoms with Crippen molar-refractivity contribution in [3.63, 3.8) is 0 Å². The van der Waals surface area contributed by atoms with Gasteiger partial charge in [-0.3, -0.25) is 9.59 Å². The van der Waals surface area contributed by atoms with Crippen molar-refractivity contribution in [1.29, 1.82) is 0 Å². The molecule has 3 aromatic rings. The second kappa shape index (κ2) is 12.7. The number of amides is 1. The number of carbonyl (C=O) groups is 2. The Hall–Kier alpha value is -4.67. The highest BCUT2D eigenvalue weighted by atomic mass is 32.2. The highest BCUT2D eigenvalue weighted by Crippen LogP contribution is 2.33. The third-order valence-corrected chi connectivity index (χ3v) is 7.92. The number of sulfonamides is 1. The molecule has 0 bridgehead atoms. The summed E-state index contributed by atoms with van der Waals surface area (Å²) in [7, 11) is -3.36. The van der Waals surface area contributed by atoms with E-state index in [0.717, 1.165) is 40.5 Å². The molecular weight excluding hydrogens is 621 g/mol. The van der Waals surface area contributed by atoms with E-state index in [-0.39, 0.29) is 21.2 Å². The minimum absolute atomic E-state index is 0.125. The molecule has 0 atom stereocenters. The molecule has 0 unspecified atom stereocenters. The molecule has 0 fully saturated rings. The van der Waals surface area contributed by atoms with Gasteiger partial charge in [-0.25, -0.2) is 17.8 Å². The number of benzene rings is 2. The highest BCUT2D eigenvalue weighted by Gasteiger charge is 2.41. The second-order valence-corrected chi connectivity index (χ2v) is 13.1. The maximum Gasteiger partial charge on any atom is 0.435 e. The summed E-state index contributed by atoms with van der Waals surface area (Å²) in [4.78, 5) is 28.9. The van der Waals surface area contributed by atoms with Crippen LogP contribution in [0.5, 0.6) is 0 Å². The molecule has 0 saturated heterocycles. The van der Waals surface area contributed by atoms with Gasteiger partial charge in [0.2, 0.25) is 5.28 Å². The number of nitrogens with one attached hydrogen (secondary N) is 1. The average molecular weight is 655 g/mol. The minimum atomic E-state index is -4.73. The Kier molecular flexibility index (Phi) is 9.86. The van der Waals surface area contributed by atoms with Crippen molar-refractivity contribution in [2.75, 3.05) is 13.8 Å². The van der Waals surface area contributed by atoms with Crippen molar-refractivity contribution in [1.82, 2.24) is 19.5 Å². The van der Waals surface area contributed by atoms with E-state index in [1.807, 2.05) is 11.6 Å². The van der Waals surface area contributed by atoms with Crippen LogP contribution in [0.3, 0.4) is 0 Å². The van der Waals surface area contributed by atoms with E-state index in [0.29, 0.717) is 5.56 Å². The first kappa shape index (κ1) is 34.8. The van der Waals surface area contributed by atoms with Crippen molar-refractivity contribution < 1.29 is 45.7 Å². The van der Waals surface area contributed by atoms with Crippen LogP contribution in [0.4, 0.5) is 13.2 Å². The highest BCUT2D eigenvalue weighted by molar-refractivity contribution is 7.90. The topological polar surface area (TPSA) is 158 Å². The van der Waals surface area contributed by atoms with Crippen molar-refractivity contribution in [2.24, 2.45) is 10.7 Å². The minimum Gasteiger partial charge on any atom is -0.569 e. The fourth-order valence-electron chi connectivity index (χ4n) is 3.50. The molecule has 2 aromatic carbocycles. The molecule has 13 nitrogen and oxygen atoms in total. The first-order valence-electron chi connectivity index (χ1n) is 13.3. The van der Waals surface area contributed by atoms with Gasteiger partial charge in [0.25, 0.3) is 22.7 Å². The van der Waals surface area contributed by atoms with Gasteiger partial charge in [-0.15, -0.1) is 5.01 Å². The van der Waals surface area contributed by atoms with Crippen molar-refractivity contribution in [2.45, 2.75) is 58.2 Å². The van der Waals surface area contributed by atoms with E-state index < -0.39 is 51.5 Å². The largest absolute Gasteiger partial charge is 0.569 e. The van der Waals surface area contributed by atoms with E-state index in [1.54, 1.807) is 45.0 Å². The first-order chi connectivity index (χ1) is 20.6. The molecule has 17 heteroatoms. The monoisotopic (exact) mass is 654 g/mol. The Balaban J connectivity index is 1.78. The lowest BCUT2D eigenvalue weighted by atomic mass is 9.98. The Morgan fingerprint density at radius 1 is 1.04 bits per heavy atom. The summed E-state index contributed by atoms with van der Waals surface area (Å²) in [5, 5.41) is 20.0. The summed E-state index contributed by atoms with van der Waals surface area (Å²) in [6.45, 7) is 8.46. The fraction of sp³-hybridized carbons (Fsp3) is 0.393. The Labute approximate surface area is 257 Å². The van der Waals surface area contributed by atoms with Gasteiger partial charge in [-0.05, 0) is 71.9 Å². The quantitative estimate of drug-likeness (QED) is 0.0814. The van der Waals surface area contributed by atoms with Crippen LogP contribution >= 0.6 is 0 Å². The molecule has 0 saturated carbocycles. The van der Waals surface area contributed by atoms with Crippen molar-refractivity contribution >= 4 is 21.9 Å². The van der Waals surface area contributed by atoms with Gasteiger partial charge in [-0.2, -0.15) is 18.3 Å². The molecule has 244 valence electrons. The number of hydrogen-bond donors (Lipinski definition) is 1. The van der Waals surface area contributed by atoms with Crippen LogP contribution in [0.15, 0.2) is 64.8 Å². The first-order valence-corrected chi connectivity index (χ1v) is 14.8. The molecule has 3 rings (SSSR count). The number of nitrogens with zero attached hydrogens (tertiary/aromatic N) is 5. The summed E-state index contributed by atoms with van der Waals surface area (Å²) in [5.41, 5.74) is -2.14. The van der Waals surface area contributed by atoms with Crippen LogP contribution in [-0.2, 0) is 35.4 Å². The maximum absolute atomic E-state index is 13.5. The summed E-state index contributed by atoms with van der Waals surface area (Å²) in [6.07, 6.45) is -4.73. The zero-order chi connectivity index (χ0) is 34.0. The van der Waals surface area contributed by atoms with Gasteiger partial charge < -0.3 is 14.8 Å². The number of rotatable bonds is 10.